The van der Waals surface area contributed by atoms with Gasteiger partial charge in [-0.25, -0.2) is 9.78 Å². The van der Waals surface area contributed by atoms with E-state index >= 15 is 0 Å². The van der Waals surface area contributed by atoms with Crippen LogP contribution in [0.4, 0.5) is 10.7 Å². The van der Waals surface area contributed by atoms with Crippen LogP contribution in [0, 0.1) is 0 Å². The number of benzene rings is 1. The number of amides is 2. The minimum atomic E-state index is -0.507. The highest BCUT2D eigenvalue weighted by molar-refractivity contribution is 5.96. The lowest BCUT2D eigenvalue weighted by Gasteiger charge is -2.22. The number of imidazole rings is 1. The Morgan fingerprint density at radius 3 is 3.05 bits per heavy atom. The Kier molecular flexibility index (Phi) is 3.95. The Morgan fingerprint density at radius 1 is 1.45 bits per heavy atom. The molecule has 1 atom stereocenters. The van der Waals surface area contributed by atoms with Gasteiger partial charge in [0.05, 0.1) is 17.6 Å². The highest BCUT2D eigenvalue weighted by atomic mass is 16.6. The third-order valence-electron chi connectivity index (χ3n) is 3.69. The van der Waals surface area contributed by atoms with Crippen molar-refractivity contribution in [1.29, 1.82) is 0 Å². The zero-order valence-electron chi connectivity index (χ0n) is 12.3. The summed E-state index contributed by atoms with van der Waals surface area (Å²) in [4.78, 5) is 33.1. The number of ether oxygens (including phenoxy) is 1. The fraction of sp³-hybridized carbons (Fsp3) is 0.400. The third kappa shape index (κ3) is 2.74. The predicted octanol–water partition coefficient (Wildman–Crippen LogP) is 2.12. The summed E-state index contributed by atoms with van der Waals surface area (Å²) >= 11 is 0. The van der Waals surface area contributed by atoms with Crippen LogP contribution in [-0.4, -0.2) is 46.1 Å². The van der Waals surface area contributed by atoms with Gasteiger partial charge in [0.25, 0.3) is 0 Å². The summed E-state index contributed by atoms with van der Waals surface area (Å²) < 4.78 is 4.99. The molecular weight excluding hydrogens is 284 g/mol. The monoisotopic (exact) mass is 302 g/mol. The second kappa shape index (κ2) is 6.05. The number of nitrogens with zero attached hydrogens (tertiary/aromatic N) is 2. The molecule has 0 saturated carbocycles. The Hall–Kier alpha value is -2.57. The zero-order chi connectivity index (χ0) is 15.5. The van der Waals surface area contributed by atoms with E-state index in [0.717, 1.165) is 17.5 Å². The van der Waals surface area contributed by atoms with Crippen molar-refractivity contribution in [2.75, 3.05) is 18.5 Å². The largest absolute Gasteiger partial charge is 0.450 e. The average molecular weight is 302 g/mol. The molecule has 1 aromatic carbocycles. The standard InChI is InChI=1S/C15H18N4O3/c1-2-22-15(21)19-9-5-8-12(19)13(20)18-14-16-10-6-3-4-7-11(10)17-14/h3-4,6-7,12H,2,5,8-9H2,1H3,(H2,16,17,18,20). The molecule has 2 N–H and O–H groups in total. The molecule has 0 spiro atoms. The van der Waals surface area contributed by atoms with E-state index in [1.54, 1.807) is 6.92 Å². The molecule has 1 saturated heterocycles. The molecule has 0 aliphatic carbocycles. The molecule has 1 aliphatic heterocycles. The third-order valence-corrected chi connectivity index (χ3v) is 3.69. The molecule has 116 valence electrons. The molecule has 2 aromatic rings. The van der Waals surface area contributed by atoms with Crippen LogP contribution in [0.3, 0.4) is 0 Å². The van der Waals surface area contributed by atoms with Crippen molar-refractivity contribution < 1.29 is 14.3 Å². The normalized spacial score (nSPS) is 17.7. The van der Waals surface area contributed by atoms with Crippen molar-refractivity contribution >= 4 is 29.0 Å². The SMILES string of the molecule is CCOC(=O)N1CCCC1C(=O)Nc1nc2ccccc2[nH]1. The van der Waals surface area contributed by atoms with Crippen molar-refractivity contribution in [3.63, 3.8) is 0 Å². The van der Waals surface area contributed by atoms with Gasteiger partial charge in [0.1, 0.15) is 6.04 Å². The van der Waals surface area contributed by atoms with Gasteiger partial charge in [-0.2, -0.15) is 0 Å². The number of aromatic nitrogens is 2. The molecule has 1 aliphatic rings. The lowest BCUT2D eigenvalue weighted by Crippen LogP contribution is -2.43. The number of likely N-dealkylation sites (tertiary alicyclic amines) is 1. The molecule has 0 radical (unpaired) electrons. The molecular formula is C15H18N4O3. The summed E-state index contributed by atoms with van der Waals surface area (Å²) in [5.41, 5.74) is 1.64. The van der Waals surface area contributed by atoms with Crippen molar-refractivity contribution in [3.05, 3.63) is 24.3 Å². The molecule has 2 amide bonds. The second-order valence-electron chi connectivity index (χ2n) is 5.14. The maximum Gasteiger partial charge on any atom is 0.410 e. The first-order chi connectivity index (χ1) is 10.7. The molecule has 7 heteroatoms. The number of anilines is 1. The van der Waals surface area contributed by atoms with Crippen LogP contribution in [0.2, 0.25) is 0 Å². The molecule has 22 heavy (non-hydrogen) atoms. The highest BCUT2D eigenvalue weighted by Crippen LogP contribution is 2.20. The average Bonchev–Trinajstić information content (AvgIpc) is 3.13. The molecule has 2 heterocycles. The van der Waals surface area contributed by atoms with Gasteiger partial charge in [0.15, 0.2) is 0 Å². The van der Waals surface area contributed by atoms with Gasteiger partial charge < -0.3 is 9.72 Å². The quantitative estimate of drug-likeness (QED) is 0.909. The van der Waals surface area contributed by atoms with E-state index in [-0.39, 0.29) is 5.91 Å². The molecule has 1 aromatic heterocycles. The summed E-state index contributed by atoms with van der Waals surface area (Å²) in [5, 5.41) is 2.75. The van der Waals surface area contributed by atoms with Gasteiger partial charge in [-0.15, -0.1) is 0 Å². The van der Waals surface area contributed by atoms with Gasteiger partial charge in [-0.3, -0.25) is 15.0 Å². The van der Waals surface area contributed by atoms with Crippen LogP contribution in [0.1, 0.15) is 19.8 Å². The summed E-state index contributed by atoms with van der Waals surface area (Å²) in [5.74, 6) is 0.145. The maximum atomic E-state index is 12.4. The lowest BCUT2D eigenvalue weighted by molar-refractivity contribution is -0.120. The number of carbonyl (C=O) groups excluding carboxylic acids is 2. The Bertz CT molecular complexity index is 664. The van der Waals surface area contributed by atoms with Crippen molar-refractivity contribution in [2.24, 2.45) is 0 Å². The number of nitrogens with one attached hydrogen (secondary N) is 2. The maximum absolute atomic E-state index is 12.4. The van der Waals surface area contributed by atoms with Crippen LogP contribution in [-0.2, 0) is 9.53 Å². The predicted molar refractivity (Wildman–Crippen MR) is 81.5 cm³/mol. The lowest BCUT2D eigenvalue weighted by atomic mass is 10.2. The first-order valence-electron chi connectivity index (χ1n) is 7.38. The van der Waals surface area contributed by atoms with Crippen LogP contribution in [0.25, 0.3) is 11.0 Å². The number of rotatable bonds is 3. The highest BCUT2D eigenvalue weighted by Gasteiger charge is 2.35. The van der Waals surface area contributed by atoms with Crippen LogP contribution >= 0.6 is 0 Å². The fourth-order valence-electron chi connectivity index (χ4n) is 2.68. The minimum Gasteiger partial charge on any atom is -0.450 e. The van der Waals surface area contributed by atoms with E-state index in [4.69, 9.17) is 4.74 Å². The zero-order valence-corrected chi connectivity index (χ0v) is 12.3. The first kappa shape index (κ1) is 14.4. The second-order valence-corrected chi connectivity index (χ2v) is 5.14. The molecule has 0 bridgehead atoms. The number of fused-ring (bicyclic) bond motifs is 1. The van der Waals surface area contributed by atoms with Gasteiger partial charge in [-0.05, 0) is 31.9 Å². The minimum absolute atomic E-state index is 0.246. The van der Waals surface area contributed by atoms with Gasteiger partial charge in [0, 0.05) is 6.54 Å². The Morgan fingerprint density at radius 2 is 2.27 bits per heavy atom. The molecule has 1 fully saturated rings. The van der Waals surface area contributed by atoms with Crippen LogP contribution < -0.4 is 5.32 Å². The van der Waals surface area contributed by atoms with E-state index in [1.165, 1.54) is 4.90 Å². The van der Waals surface area contributed by atoms with E-state index in [0.29, 0.717) is 25.5 Å². The van der Waals surface area contributed by atoms with E-state index in [2.05, 4.69) is 15.3 Å². The first-order valence-corrected chi connectivity index (χ1v) is 7.38. The number of para-hydroxylation sites is 2. The number of hydrogen-bond donors (Lipinski definition) is 2. The Balaban J connectivity index is 1.71. The number of aromatic amines is 1. The molecule has 7 nitrogen and oxygen atoms in total. The Labute approximate surface area is 127 Å². The smallest absolute Gasteiger partial charge is 0.410 e. The van der Waals surface area contributed by atoms with Crippen molar-refractivity contribution in [1.82, 2.24) is 14.9 Å². The van der Waals surface area contributed by atoms with Crippen molar-refractivity contribution in [3.8, 4) is 0 Å². The molecule has 3 rings (SSSR count). The summed E-state index contributed by atoms with van der Waals surface area (Å²) in [6.45, 7) is 2.59. The summed E-state index contributed by atoms with van der Waals surface area (Å²) in [6, 6.07) is 7.02. The summed E-state index contributed by atoms with van der Waals surface area (Å²) in [7, 11) is 0. The summed E-state index contributed by atoms with van der Waals surface area (Å²) in [6.07, 6.45) is 0.979. The van der Waals surface area contributed by atoms with Crippen LogP contribution in [0.15, 0.2) is 24.3 Å². The number of hydrogen-bond acceptors (Lipinski definition) is 4. The topological polar surface area (TPSA) is 87.3 Å². The van der Waals surface area contributed by atoms with E-state index < -0.39 is 12.1 Å². The fourth-order valence-corrected chi connectivity index (χ4v) is 2.68. The van der Waals surface area contributed by atoms with E-state index in [1.807, 2.05) is 24.3 Å². The number of H-pyrrole nitrogens is 1. The van der Waals surface area contributed by atoms with Gasteiger partial charge in [0.2, 0.25) is 11.9 Å². The van der Waals surface area contributed by atoms with E-state index in [9.17, 15) is 9.59 Å². The van der Waals surface area contributed by atoms with Crippen LogP contribution in [0.5, 0.6) is 0 Å². The number of carbonyl (C=O) groups is 2. The van der Waals surface area contributed by atoms with Gasteiger partial charge in [-0.1, -0.05) is 12.1 Å². The molecule has 1 unspecified atom stereocenters. The van der Waals surface area contributed by atoms with Gasteiger partial charge >= 0.3 is 6.09 Å². The van der Waals surface area contributed by atoms with Crippen molar-refractivity contribution in [2.45, 2.75) is 25.8 Å².